The van der Waals surface area contributed by atoms with Gasteiger partial charge in [-0.15, -0.1) is 22.7 Å². The number of halogens is 2. The van der Waals surface area contributed by atoms with Gasteiger partial charge in [-0.1, -0.05) is 28.1 Å². The fraction of sp³-hybridized carbons (Fsp3) is 0. The average Bonchev–Trinajstić information content (AvgIpc) is 3.09. The Hall–Kier alpha value is -1.57. The summed E-state index contributed by atoms with van der Waals surface area (Å²) in [5, 5.41) is 6.50. The van der Waals surface area contributed by atoms with Crippen LogP contribution in [0, 0.1) is 5.13 Å². The van der Waals surface area contributed by atoms with Crippen molar-refractivity contribution in [1.29, 1.82) is 0 Å². The van der Waals surface area contributed by atoms with Crippen molar-refractivity contribution < 1.29 is 4.39 Å². The van der Waals surface area contributed by atoms with Gasteiger partial charge in [0.05, 0.1) is 16.8 Å². The summed E-state index contributed by atoms with van der Waals surface area (Å²) in [4.78, 5) is 5.21. The van der Waals surface area contributed by atoms with Crippen LogP contribution in [0.4, 0.5) is 9.52 Å². The van der Waals surface area contributed by atoms with Gasteiger partial charge in [-0.05, 0) is 24.3 Å². The lowest BCUT2D eigenvalue weighted by Gasteiger charge is -1.96. The molecule has 0 spiro atoms. The molecule has 1 aromatic carbocycles. The quantitative estimate of drug-likeness (QED) is 0.496. The molecule has 0 aliphatic carbocycles. The standard InChI is InChI=1S/C14H9BrFN3S2/c15-10-3-1-9(2-4-10)12-8-20-14(18-12)19-17-7-11-5-6-13(16)21-11/h1-8H,(H,18,19)/b17-7+. The third-order valence-corrected chi connectivity index (χ3v) is 4.67. The van der Waals surface area contributed by atoms with E-state index in [0.717, 1.165) is 31.9 Å². The van der Waals surface area contributed by atoms with E-state index in [9.17, 15) is 4.39 Å². The van der Waals surface area contributed by atoms with Crippen LogP contribution in [0.1, 0.15) is 4.88 Å². The molecule has 0 radical (unpaired) electrons. The van der Waals surface area contributed by atoms with Crippen LogP contribution in [0.2, 0.25) is 0 Å². The first kappa shape index (κ1) is 14.4. The molecule has 2 aromatic heterocycles. The number of hydrazone groups is 1. The summed E-state index contributed by atoms with van der Waals surface area (Å²) in [5.74, 6) is 0. The van der Waals surface area contributed by atoms with Crippen LogP contribution < -0.4 is 5.43 Å². The Labute approximate surface area is 137 Å². The first-order valence-corrected chi connectivity index (χ1v) is 8.45. The summed E-state index contributed by atoms with van der Waals surface area (Å²) in [6.07, 6.45) is 1.58. The summed E-state index contributed by atoms with van der Waals surface area (Å²) >= 11 is 5.93. The molecule has 3 aromatic rings. The van der Waals surface area contributed by atoms with Crippen molar-refractivity contribution in [3.8, 4) is 11.3 Å². The normalized spacial score (nSPS) is 11.1. The Balaban J connectivity index is 1.67. The van der Waals surface area contributed by atoms with Crippen LogP contribution >= 0.6 is 38.6 Å². The summed E-state index contributed by atoms with van der Waals surface area (Å²) in [6, 6.07) is 11.1. The molecule has 1 N–H and O–H groups in total. The van der Waals surface area contributed by atoms with Crippen LogP contribution in [0.5, 0.6) is 0 Å². The van der Waals surface area contributed by atoms with Gasteiger partial charge in [-0.2, -0.15) is 9.49 Å². The number of benzene rings is 1. The number of hydrogen-bond donors (Lipinski definition) is 1. The van der Waals surface area contributed by atoms with Crippen molar-refractivity contribution in [1.82, 2.24) is 4.98 Å². The third-order valence-electron chi connectivity index (χ3n) is 2.59. The highest BCUT2D eigenvalue weighted by Gasteiger charge is 2.03. The first-order valence-electron chi connectivity index (χ1n) is 5.96. The zero-order valence-electron chi connectivity index (χ0n) is 10.6. The largest absolute Gasteiger partial charge is 0.253 e. The summed E-state index contributed by atoms with van der Waals surface area (Å²) < 4.78 is 13.9. The number of thiophene rings is 1. The van der Waals surface area contributed by atoms with Crippen LogP contribution in [-0.4, -0.2) is 11.2 Å². The second-order valence-electron chi connectivity index (χ2n) is 4.06. The Morgan fingerprint density at radius 2 is 2.00 bits per heavy atom. The molecule has 0 aliphatic heterocycles. The second kappa shape index (κ2) is 6.46. The van der Waals surface area contributed by atoms with Gasteiger partial charge in [0.2, 0.25) is 5.13 Å². The molecule has 3 rings (SSSR count). The predicted octanol–water partition coefficient (Wildman–Crippen LogP) is 5.22. The molecule has 0 saturated heterocycles. The zero-order chi connectivity index (χ0) is 14.7. The number of hydrogen-bond acceptors (Lipinski definition) is 5. The second-order valence-corrected chi connectivity index (χ2v) is 6.90. The molecule has 21 heavy (non-hydrogen) atoms. The molecule has 0 amide bonds. The van der Waals surface area contributed by atoms with Crippen LogP contribution in [0.25, 0.3) is 11.3 Å². The SMILES string of the molecule is Fc1ccc(/C=N/Nc2nc(-c3ccc(Br)cc3)cs2)s1. The minimum absolute atomic E-state index is 0.219. The van der Waals surface area contributed by atoms with E-state index in [1.807, 2.05) is 29.6 Å². The van der Waals surface area contributed by atoms with Crippen molar-refractivity contribution in [2.45, 2.75) is 0 Å². The minimum Gasteiger partial charge on any atom is -0.253 e. The van der Waals surface area contributed by atoms with Crippen LogP contribution in [0.15, 0.2) is 51.4 Å². The Bertz CT molecular complexity index is 765. The van der Waals surface area contributed by atoms with E-state index in [4.69, 9.17) is 0 Å². The predicted molar refractivity (Wildman–Crippen MR) is 90.7 cm³/mol. The number of nitrogens with one attached hydrogen (secondary N) is 1. The molecule has 3 nitrogen and oxygen atoms in total. The van der Waals surface area contributed by atoms with E-state index < -0.39 is 0 Å². The van der Waals surface area contributed by atoms with Gasteiger partial charge in [-0.3, -0.25) is 5.43 Å². The minimum atomic E-state index is -0.219. The monoisotopic (exact) mass is 381 g/mol. The van der Waals surface area contributed by atoms with Crippen molar-refractivity contribution in [2.24, 2.45) is 5.10 Å². The lowest BCUT2D eigenvalue weighted by molar-refractivity contribution is 0.657. The molecule has 0 saturated carbocycles. The van der Waals surface area contributed by atoms with Gasteiger partial charge in [0.25, 0.3) is 0 Å². The fourth-order valence-corrected chi connectivity index (χ4v) is 3.16. The summed E-state index contributed by atoms with van der Waals surface area (Å²) in [5.41, 5.74) is 4.80. The lowest BCUT2D eigenvalue weighted by Crippen LogP contribution is -1.88. The molecular formula is C14H9BrFN3S2. The average molecular weight is 382 g/mol. The van der Waals surface area contributed by atoms with E-state index in [1.165, 1.54) is 17.4 Å². The Kier molecular flexibility index (Phi) is 4.42. The highest BCUT2D eigenvalue weighted by atomic mass is 79.9. The van der Waals surface area contributed by atoms with Crippen molar-refractivity contribution in [3.05, 3.63) is 56.3 Å². The third kappa shape index (κ3) is 3.75. The van der Waals surface area contributed by atoms with Crippen molar-refractivity contribution in [2.75, 3.05) is 5.43 Å². The van der Waals surface area contributed by atoms with Gasteiger partial charge in [0.15, 0.2) is 5.13 Å². The zero-order valence-corrected chi connectivity index (χ0v) is 13.8. The van der Waals surface area contributed by atoms with Gasteiger partial charge in [0.1, 0.15) is 0 Å². The molecular weight excluding hydrogens is 373 g/mol. The van der Waals surface area contributed by atoms with Gasteiger partial charge in [0, 0.05) is 15.4 Å². The highest BCUT2D eigenvalue weighted by molar-refractivity contribution is 9.10. The number of aromatic nitrogens is 1. The van der Waals surface area contributed by atoms with Gasteiger partial charge >= 0.3 is 0 Å². The van der Waals surface area contributed by atoms with Crippen molar-refractivity contribution in [3.63, 3.8) is 0 Å². The fourth-order valence-electron chi connectivity index (χ4n) is 1.63. The maximum absolute atomic E-state index is 12.8. The summed E-state index contributed by atoms with van der Waals surface area (Å²) in [7, 11) is 0. The number of rotatable bonds is 4. The van der Waals surface area contributed by atoms with Crippen LogP contribution in [-0.2, 0) is 0 Å². The molecule has 7 heteroatoms. The van der Waals surface area contributed by atoms with Crippen molar-refractivity contribution >= 4 is 49.9 Å². The molecule has 0 aliphatic rings. The number of nitrogens with zero attached hydrogens (tertiary/aromatic N) is 2. The van der Waals surface area contributed by atoms with Crippen LogP contribution in [0.3, 0.4) is 0 Å². The summed E-state index contributed by atoms with van der Waals surface area (Å²) in [6.45, 7) is 0. The highest BCUT2D eigenvalue weighted by Crippen LogP contribution is 2.26. The smallest absolute Gasteiger partial charge is 0.203 e. The molecule has 0 bridgehead atoms. The Morgan fingerprint density at radius 1 is 1.19 bits per heavy atom. The van der Waals surface area contributed by atoms with E-state index >= 15 is 0 Å². The maximum atomic E-state index is 12.8. The van der Waals surface area contributed by atoms with E-state index in [2.05, 4.69) is 31.4 Å². The maximum Gasteiger partial charge on any atom is 0.203 e. The first-order chi connectivity index (χ1) is 10.2. The van der Waals surface area contributed by atoms with E-state index in [1.54, 1.807) is 12.3 Å². The molecule has 0 fully saturated rings. The van der Waals surface area contributed by atoms with E-state index in [0.29, 0.717) is 5.13 Å². The molecule has 106 valence electrons. The molecule has 0 atom stereocenters. The molecule has 2 heterocycles. The lowest BCUT2D eigenvalue weighted by atomic mass is 10.2. The van der Waals surface area contributed by atoms with E-state index in [-0.39, 0.29) is 5.13 Å². The number of thiazole rings is 1. The number of anilines is 1. The van der Waals surface area contributed by atoms with Gasteiger partial charge in [-0.25, -0.2) is 4.98 Å². The molecule has 0 unspecified atom stereocenters. The Morgan fingerprint density at radius 3 is 2.71 bits per heavy atom. The topological polar surface area (TPSA) is 37.3 Å². The van der Waals surface area contributed by atoms with Gasteiger partial charge < -0.3 is 0 Å².